The normalized spacial score (nSPS) is 26.9. The van der Waals surface area contributed by atoms with Crippen LogP contribution < -0.4 is 5.32 Å². The first kappa shape index (κ1) is 12.4. The van der Waals surface area contributed by atoms with Crippen molar-refractivity contribution in [3.63, 3.8) is 0 Å². The second-order valence-electron chi connectivity index (χ2n) is 4.97. The van der Waals surface area contributed by atoms with Crippen molar-refractivity contribution in [2.24, 2.45) is 5.92 Å². The number of piperidine rings is 1. The van der Waals surface area contributed by atoms with E-state index in [1.165, 1.54) is 0 Å². The van der Waals surface area contributed by atoms with Crippen molar-refractivity contribution >= 4 is 11.8 Å². The summed E-state index contributed by atoms with van der Waals surface area (Å²) in [6.45, 7) is 3.49. The van der Waals surface area contributed by atoms with E-state index in [-0.39, 0.29) is 24.3 Å². The monoisotopic (exact) mass is 239 g/mol. The van der Waals surface area contributed by atoms with E-state index in [2.05, 4.69) is 5.32 Å². The first-order valence-corrected chi connectivity index (χ1v) is 6.42. The van der Waals surface area contributed by atoms with Gasteiger partial charge >= 0.3 is 0 Å². The topological polar surface area (TPSA) is 52.6 Å². The summed E-state index contributed by atoms with van der Waals surface area (Å²) in [5.41, 5.74) is 0. The Morgan fingerprint density at radius 1 is 1.35 bits per heavy atom. The van der Waals surface area contributed by atoms with Crippen LogP contribution in [-0.4, -0.2) is 61.4 Å². The van der Waals surface area contributed by atoms with Crippen LogP contribution in [0.2, 0.25) is 0 Å². The number of nitrogens with one attached hydrogen (secondary N) is 1. The van der Waals surface area contributed by atoms with Crippen molar-refractivity contribution in [1.82, 2.24) is 15.1 Å². The molecule has 2 rings (SSSR count). The standard InChI is InChI=1S/C12H21N3O2/c1-14-6-3-7-15(9-11(14)16)12(17)10-4-2-5-13-8-10/h10,13H,2-9H2,1H3/t10-/m0/s1. The summed E-state index contributed by atoms with van der Waals surface area (Å²) >= 11 is 0. The number of carbonyl (C=O) groups excluding carboxylic acids is 2. The third kappa shape index (κ3) is 2.97. The first-order valence-electron chi connectivity index (χ1n) is 6.42. The summed E-state index contributed by atoms with van der Waals surface area (Å²) in [4.78, 5) is 27.5. The van der Waals surface area contributed by atoms with Crippen LogP contribution in [0.4, 0.5) is 0 Å². The Labute approximate surface area is 102 Å². The summed E-state index contributed by atoms with van der Waals surface area (Å²) in [6, 6.07) is 0. The lowest BCUT2D eigenvalue weighted by Crippen LogP contribution is -2.45. The zero-order chi connectivity index (χ0) is 12.3. The van der Waals surface area contributed by atoms with E-state index in [1.54, 1.807) is 16.8 Å². The van der Waals surface area contributed by atoms with Gasteiger partial charge in [-0.1, -0.05) is 0 Å². The van der Waals surface area contributed by atoms with Gasteiger partial charge in [-0.15, -0.1) is 0 Å². The molecule has 2 aliphatic rings. The van der Waals surface area contributed by atoms with Gasteiger partial charge in [0, 0.05) is 26.7 Å². The third-order valence-corrected chi connectivity index (χ3v) is 3.63. The Kier molecular flexibility index (Phi) is 3.99. The molecule has 0 saturated carbocycles. The Morgan fingerprint density at radius 2 is 2.18 bits per heavy atom. The molecule has 5 nitrogen and oxygen atoms in total. The molecule has 1 N–H and O–H groups in total. The first-order chi connectivity index (χ1) is 8.18. The van der Waals surface area contributed by atoms with Gasteiger partial charge in [-0.2, -0.15) is 0 Å². The minimum atomic E-state index is 0.0552. The minimum Gasteiger partial charge on any atom is -0.344 e. The van der Waals surface area contributed by atoms with E-state index >= 15 is 0 Å². The molecular formula is C12H21N3O2. The lowest BCUT2D eigenvalue weighted by Gasteiger charge is -2.28. The quantitative estimate of drug-likeness (QED) is 0.682. The molecule has 2 fully saturated rings. The minimum absolute atomic E-state index is 0.0552. The maximum absolute atomic E-state index is 12.3. The molecule has 17 heavy (non-hydrogen) atoms. The molecule has 5 heteroatoms. The van der Waals surface area contributed by atoms with Gasteiger partial charge in [-0.25, -0.2) is 0 Å². The highest BCUT2D eigenvalue weighted by Gasteiger charge is 2.29. The zero-order valence-corrected chi connectivity index (χ0v) is 10.4. The fourth-order valence-corrected chi connectivity index (χ4v) is 2.50. The van der Waals surface area contributed by atoms with Gasteiger partial charge in [-0.05, 0) is 25.8 Å². The number of rotatable bonds is 1. The van der Waals surface area contributed by atoms with Crippen LogP contribution in [0.25, 0.3) is 0 Å². The van der Waals surface area contributed by atoms with Crippen LogP contribution in [0.3, 0.4) is 0 Å². The van der Waals surface area contributed by atoms with Crippen molar-refractivity contribution in [1.29, 1.82) is 0 Å². The average Bonchev–Trinajstić information content (AvgIpc) is 2.52. The molecule has 96 valence electrons. The molecular weight excluding hydrogens is 218 g/mol. The Hall–Kier alpha value is -1.10. The Balaban J connectivity index is 1.95. The summed E-state index contributed by atoms with van der Waals surface area (Å²) in [5.74, 6) is 0.278. The van der Waals surface area contributed by atoms with Crippen LogP contribution in [0.15, 0.2) is 0 Å². The fourth-order valence-electron chi connectivity index (χ4n) is 2.50. The van der Waals surface area contributed by atoms with Crippen LogP contribution in [0.1, 0.15) is 19.3 Å². The summed E-state index contributed by atoms with van der Waals surface area (Å²) < 4.78 is 0. The highest BCUT2D eigenvalue weighted by atomic mass is 16.2. The summed E-state index contributed by atoms with van der Waals surface area (Å²) in [7, 11) is 1.80. The number of hydrogen-bond donors (Lipinski definition) is 1. The summed E-state index contributed by atoms with van der Waals surface area (Å²) in [5, 5.41) is 3.25. The van der Waals surface area contributed by atoms with Crippen molar-refractivity contribution in [2.75, 3.05) is 39.8 Å². The van der Waals surface area contributed by atoms with E-state index in [0.29, 0.717) is 6.54 Å². The van der Waals surface area contributed by atoms with Crippen LogP contribution in [0, 0.1) is 5.92 Å². The molecule has 0 spiro atoms. The molecule has 0 bridgehead atoms. The molecule has 1 atom stereocenters. The van der Waals surface area contributed by atoms with Crippen molar-refractivity contribution in [2.45, 2.75) is 19.3 Å². The second kappa shape index (κ2) is 5.49. The number of amides is 2. The number of hydrogen-bond acceptors (Lipinski definition) is 3. The zero-order valence-electron chi connectivity index (χ0n) is 10.4. The smallest absolute Gasteiger partial charge is 0.241 e. The van der Waals surface area contributed by atoms with Crippen molar-refractivity contribution < 1.29 is 9.59 Å². The largest absolute Gasteiger partial charge is 0.344 e. The SMILES string of the molecule is CN1CCCN(C(=O)[C@H]2CCCNC2)CC1=O. The lowest BCUT2D eigenvalue weighted by atomic mass is 9.98. The van der Waals surface area contributed by atoms with Gasteiger partial charge in [0.25, 0.3) is 0 Å². The number of nitrogens with zero attached hydrogens (tertiary/aromatic N) is 2. The second-order valence-corrected chi connectivity index (χ2v) is 4.97. The average molecular weight is 239 g/mol. The van der Waals surface area contributed by atoms with E-state index in [1.807, 2.05) is 0 Å². The van der Waals surface area contributed by atoms with Gasteiger partial charge in [0.15, 0.2) is 0 Å². The molecule has 0 aromatic carbocycles. The molecule has 2 aliphatic heterocycles. The summed E-state index contributed by atoms with van der Waals surface area (Å²) in [6.07, 6.45) is 2.89. The molecule has 0 aromatic rings. The van der Waals surface area contributed by atoms with Crippen LogP contribution in [0.5, 0.6) is 0 Å². The predicted octanol–water partition coefficient (Wildman–Crippen LogP) is -0.323. The van der Waals surface area contributed by atoms with E-state index < -0.39 is 0 Å². The Morgan fingerprint density at radius 3 is 2.88 bits per heavy atom. The third-order valence-electron chi connectivity index (χ3n) is 3.63. The molecule has 2 saturated heterocycles. The maximum atomic E-state index is 12.3. The molecule has 2 heterocycles. The number of likely N-dealkylation sites (N-methyl/N-ethyl adjacent to an activating group) is 1. The van der Waals surface area contributed by atoms with Crippen LogP contribution in [-0.2, 0) is 9.59 Å². The van der Waals surface area contributed by atoms with E-state index in [9.17, 15) is 9.59 Å². The Bertz CT molecular complexity index is 300. The fraction of sp³-hybridized carbons (Fsp3) is 0.833. The van der Waals surface area contributed by atoms with E-state index in [4.69, 9.17) is 0 Å². The van der Waals surface area contributed by atoms with Gasteiger partial charge in [-0.3, -0.25) is 9.59 Å². The molecule has 0 aliphatic carbocycles. The van der Waals surface area contributed by atoms with Gasteiger partial charge in [0.2, 0.25) is 11.8 Å². The van der Waals surface area contributed by atoms with Crippen molar-refractivity contribution in [3.8, 4) is 0 Å². The van der Waals surface area contributed by atoms with Gasteiger partial charge in [0.05, 0.1) is 12.5 Å². The highest BCUT2D eigenvalue weighted by Crippen LogP contribution is 2.15. The predicted molar refractivity (Wildman–Crippen MR) is 64.4 cm³/mol. The van der Waals surface area contributed by atoms with E-state index in [0.717, 1.165) is 38.9 Å². The molecule has 2 amide bonds. The molecule has 0 unspecified atom stereocenters. The highest BCUT2D eigenvalue weighted by molar-refractivity contribution is 5.86. The maximum Gasteiger partial charge on any atom is 0.241 e. The van der Waals surface area contributed by atoms with Gasteiger partial charge < -0.3 is 15.1 Å². The lowest BCUT2D eigenvalue weighted by molar-refractivity contribution is -0.141. The van der Waals surface area contributed by atoms with Gasteiger partial charge in [0.1, 0.15) is 0 Å². The molecule has 0 aromatic heterocycles. The van der Waals surface area contributed by atoms with Crippen LogP contribution >= 0.6 is 0 Å². The molecule has 0 radical (unpaired) electrons. The van der Waals surface area contributed by atoms with Crippen molar-refractivity contribution in [3.05, 3.63) is 0 Å². The number of carbonyl (C=O) groups is 2.